The lowest BCUT2D eigenvalue weighted by Crippen LogP contribution is -2.54. The maximum Gasteiger partial charge on any atom is 0.261 e. The molecule has 1 aliphatic rings. The van der Waals surface area contributed by atoms with E-state index in [0.29, 0.717) is 5.69 Å². The van der Waals surface area contributed by atoms with E-state index in [4.69, 9.17) is 0 Å². The minimum atomic E-state index is -1.04. The van der Waals surface area contributed by atoms with Crippen molar-refractivity contribution in [3.8, 4) is 11.1 Å². The van der Waals surface area contributed by atoms with Crippen LogP contribution in [0.3, 0.4) is 0 Å². The molecule has 1 aliphatic heterocycles. The summed E-state index contributed by atoms with van der Waals surface area (Å²) in [6.45, 7) is 3.21. The van der Waals surface area contributed by atoms with E-state index in [1.165, 1.54) is 11.9 Å². The van der Waals surface area contributed by atoms with E-state index >= 15 is 0 Å². The van der Waals surface area contributed by atoms with Crippen LogP contribution in [-0.4, -0.2) is 23.8 Å². The number of nitrogens with zero attached hydrogens (tertiary/aromatic N) is 1. The number of nitrogens with one attached hydrogen (secondary N) is 2. The van der Waals surface area contributed by atoms with Gasteiger partial charge in [0.05, 0.1) is 18.0 Å². The molecule has 8 heteroatoms. The van der Waals surface area contributed by atoms with Crippen molar-refractivity contribution < 1.29 is 23.2 Å². The van der Waals surface area contributed by atoms with Gasteiger partial charge in [-0.25, -0.2) is 13.8 Å². The zero-order valence-electron chi connectivity index (χ0n) is 18.6. The van der Waals surface area contributed by atoms with Gasteiger partial charge in [-0.1, -0.05) is 42.5 Å². The highest BCUT2D eigenvalue weighted by Gasteiger charge is 2.33. The Morgan fingerprint density at radius 1 is 1.00 bits per heavy atom. The maximum atomic E-state index is 13.8. The van der Waals surface area contributed by atoms with E-state index in [0.717, 1.165) is 34.9 Å². The Labute approximate surface area is 195 Å². The van der Waals surface area contributed by atoms with Crippen molar-refractivity contribution in [3.05, 3.63) is 89.5 Å². The first-order valence-electron chi connectivity index (χ1n) is 10.8. The maximum absolute atomic E-state index is 13.8. The fraction of sp³-hybridized carbons (Fsp3) is 0.192. The molecular weight excluding hydrogens is 440 g/mol. The van der Waals surface area contributed by atoms with E-state index in [1.54, 1.807) is 19.1 Å². The zero-order chi connectivity index (χ0) is 24.4. The number of halogens is 2. The second-order valence-electron chi connectivity index (χ2n) is 8.18. The molecule has 4 rings (SSSR count). The number of fused-ring (bicyclic) bond motifs is 3. The van der Waals surface area contributed by atoms with Crippen LogP contribution in [0, 0.1) is 11.6 Å². The molecule has 0 fully saturated rings. The van der Waals surface area contributed by atoms with Crippen LogP contribution in [0.5, 0.6) is 0 Å². The van der Waals surface area contributed by atoms with Crippen LogP contribution < -0.4 is 15.8 Å². The van der Waals surface area contributed by atoms with E-state index < -0.39 is 41.8 Å². The van der Waals surface area contributed by atoms with Gasteiger partial charge >= 0.3 is 0 Å². The van der Waals surface area contributed by atoms with Gasteiger partial charge in [-0.15, -0.1) is 0 Å². The summed E-state index contributed by atoms with van der Waals surface area (Å²) in [6, 6.07) is 16.6. The van der Waals surface area contributed by atoms with Gasteiger partial charge in [-0.05, 0) is 49.2 Å². The van der Waals surface area contributed by atoms with E-state index in [2.05, 4.69) is 10.7 Å². The summed E-state index contributed by atoms with van der Waals surface area (Å²) in [5.74, 6) is -3.52. The predicted molar refractivity (Wildman–Crippen MR) is 124 cm³/mol. The van der Waals surface area contributed by atoms with Crippen LogP contribution >= 0.6 is 0 Å². The van der Waals surface area contributed by atoms with Gasteiger partial charge in [0.2, 0.25) is 5.91 Å². The Morgan fingerprint density at radius 2 is 1.68 bits per heavy atom. The van der Waals surface area contributed by atoms with Crippen LogP contribution in [0.2, 0.25) is 0 Å². The van der Waals surface area contributed by atoms with Crippen molar-refractivity contribution >= 4 is 23.4 Å². The lowest BCUT2D eigenvalue weighted by molar-refractivity contribution is -0.130. The number of hydrogen-bond donors (Lipinski definition) is 2. The summed E-state index contributed by atoms with van der Waals surface area (Å²) in [5.41, 5.74) is 5.54. The van der Waals surface area contributed by atoms with E-state index in [-0.39, 0.29) is 11.5 Å². The molecule has 2 N–H and O–H groups in total. The van der Waals surface area contributed by atoms with Crippen molar-refractivity contribution in [1.82, 2.24) is 10.7 Å². The molecule has 0 saturated heterocycles. The van der Waals surface area contributed by atoms with Crippen LogP contribution in [0.1, 0.15) is 30.9 Å². The quantitative estimate of drug-likeness (QED) is 0.603. The molecule has 0 aliphatic carbocycles. The molecule has 3 aromatic carbocycles. The molecule has 3 amide bonds. The molecule has 2 atom stereocenters. The molecule has 0 bridgehead atoms. The Balaban J connectivity index is 1.52. The summed E-state index contributed by atoms with van der Waals surface area (Å²) in [7, 11) is 0. The molecule has 6 nitrogen and oxygen atoms in total. The largest absolute Gasteiger partial charge is 0.344 e. The lowest BCUT2D eigenvalue weighted by Gasteiger charge is -2.27. The highest BCUT2D eigenvalue weighted by molar-refractivity contribution is 6.06. The zero-order valence-corrected chi connectivity index (χ0v) is 18.6. The number of amides is 3. The Hall–Kier alpha value is -4.07. The van der Waals surface area contributed by atoms with Gasteiger partial charge in [-0.3, -0.25) is 19.8 Å². The number of para-hydroxylation sites is 1. The van der Waals surface area contributed by atoms with Gasteiger partial charge in [0, 0.05) is 11.1 Å². The Kier molecular flexibility index (Phi) is 6.40. The monoisotopic (exact) mass is 463 g/mol. The number of anilines is 1. The van der Waals surface area contributed by atoms with E-state index in [9.17, 15) is 23.2 Å². The van der Waals surface area contributed by atoms with Crippen LogP contribution in [-0.2, 0) is 20.8 Å². The number of carbonyl (C=O) groups excluding carboxylic acids is 3. The molecule has 0 aromatic heterocycles. The molecule has 34 heavy (non-hydrogen) atoms. The van der Waals surface area contributed by atoms with Gasteiger partial charge < -0.3 is 5.32 Å². The Bertz CT molecular complexity index is 1280. The van der Waals surface area contributed by atoms with Crippen molar-refractivity contribution in [2.45, 2.75) is 32.2 Å². The lowest BCUT2D eigenvalue weighted by atomic mass is 9.92. The summed E-state index contributed by atoms with van der Waals surface area (Å²) >= 11 is 0. The topological polar surface area (TPSA) is 78.5 Å². The van der Waals surface area contributed by atoms with Gasteiger partial charge in [-0.2, -0.15) is 0 Å². The predicted octanol–water partition coefficient (Wildman–Crippen LogP) is 3.86. The fourth-order valence-corrected chi connectivity index (χ4v) is 3.99. The van der Waals surface area contributed by atoms with Crippen molar-refractivity contribution in [3.63, 3.8) is 0 Å². The fourth-order valence-electron chi connectivity index (χ4n) is 3.99. The molecular formula is C26H23F2N3O3. The molecule has 0 spiro atoms. The number of hydrazine groups is 1. The summed E-state index contributed by atoms with van der Waals surface area (Å²) in [6.07, 6.45) is -0.432. The number of hydrogen-bond acceptors (Lipinski definition) is 3. The third-order valence-electron chi connectivity index (χ3n) is 5.80. The second-order valence-corrected chi connectivity index (χ2v) is 8.18. The molecule has 1 heterocycles. The smallest absolute Gasteiger partial charge is 0.261 e. The first-order chi connectivity index (χ1) is 16.3. The van der Waals surface area contributed by atoms with Gasteiger partial charge in [0.15, 0.2) is 0 Å². The molecule has 3 aromatic rings. The summed E-state index contributed by atoms with van der Waals surface area (Å²) in [5, 5.41) is 3.67. The third-order valence-corrected chi connectivity index (χ3v) is 5.80. The number of benzene rings is 3. The first-order valence-corrected chi connectivity index (χ1v) is 10.8. The summed E-state index contributed by atoms with van der Waals surface area (Å²) < 4.78 is 27.2. The van der Waals surface area contributed by atoms with Gasteiger partial charge in [0.25, 0.3) is 11.8 Å². The third kappa shape index (κ3) is 4.52. The normalized spacial score (nSPS) is 15.6. The minimum absolute atomic E-state index is 0.117. The second kappa shape index (κ2) is 9.43. The molecule has 0 saturated carbocycles. The molecule has 1 unspecified atom stereocenters. The SMILES string of the molecule is CC1C(=O)N(NC(=O)[C@H](C)NC(=O)Cc2cc(F)ccc2F)c2ccccc2-c2ccccc21. The molecule has 174 valence electrons. The number of rotatable bonds is 5. The average Bonchev–Trinajstić information content (AvgIpc) is 2.91. The van der Waals surface area contributed by atoms with Crippen LogP contribution in [0.15, 0.2) is 66.7 Å². The van der Waals surface area contributed by atoms with Gasteiger partial charge in [0.1, 0.15) is 17.7 Å². The van der Waals surface area contributed by atoms with E-state index in [1.807, 2.05) is 36.4 Å². The molecule has 0 radical (unpaired) electrons. The number of carbonyl (C=O) groups is 3. The van der Waals surface area contributed by atoms with Crippen LogP contribution in [0.4, 0.5) is 14.5 Å². The first kappa shape index (κ1) is 23.1. The van der Waals surface area contributed by atoms with Crippen molar-refractivity contribution in [2.24, 2.45) is 0 Å². The highest BCUT2D eigenvalue weighted by Crippen LogP contribution is 2.39. The average molecular weight is 463 g/mol. The standard InChI is InChI=1S/C26H23F2N3O3/c1-15-19-7-3-4-8-20(19)21-9-5-6-10-23(21)31(26(15)34)30-25(33)16(2)29-24(32)14-17-13-18(27)11-12-22(17)28/h3-13,15-16H,14H2,1-2H3,(H,29,32)(H,30,33)/t15?,16-/m0/s1. The van der Waals surface area contributed by atoms with Crippen LogP contribution in [0.25, 0.3) is 11.1 Å². The van der Waals surface area contributed by atoms with Crippen molar-refractivity contribution in [2.75, 3.05) is 5.01 Å². The minimum Gasteiger partial charge on any atom is -0.344 e. The van der Waals surface area contributed by atoms with Crippen molar-refractivity contribution in [1.29, 1.82) is 0 Å². The highest BCUT2D eigenvalue weighted by atomic mass is 19.1. The Morgan fingerprint density at radius 3 is 2.44 bits per heavy atom. The summed E-state index contributed by atoms with van der Waals surface area (Å²) in [4.78, 5) is 38.6.